The van der Waals surface area contributed by atoms with Crippen molar-refractivity contribution in [3.63, 3.8) is 0 Å². The number of pyridine rings is 1. The number of fused-ring (bicyclic) bond motifs is 1. The third-order valence-corrected chi connectivity index (χ3v) is 4.65. The zero-order valence-electron chi connectivity index (χ0n) is 10.8. The topological polar surface area (TPSA) is 47.3 Å². The number of nitrogens with zero attached hydrogens (tertiary/aromatic N) is 3. The van der Waals surface area contributed by atoms with Gasteiger partial charge in [-0.15, -0.1) is 0 Å². The van der Waals surface area contributed by atoms with Gasteiger partial charge in [0, 0.05) is 17.1 Å². The predicted molar refractivity (Wildman–Crippen MR) is 77.5 cm³/mol. The van der Waals surface area contributed by atoms with Crippen LogP contribution >= 0.6 is 7.14 Å². The largest absolute Gasteiger partial charge is 0.319 e. The molecule has 0 N–H and O–H groups in total. The molecule has 4 nitrogen and oxygen atoms in total. The summed E-state index contributed by atoms with van der Waals surface area (Å²) in [6, 6.07) is 11.8. The molecule has 5 heteroatoms. The van der Waals surface area contributed by atoms with E-state index in [1.807, 2.05) is 42.6 Å². The Bertz CT molecular complexity index is 771. The molecular weight excluding hydrogens is 257 g/mol. The Morgan fingerprint density at radius 1 is 1.11 bits per heavy atom. The van der Waals surface area contributed by atoms with E-state index in [1.54, 1.807) is 24.2 Å². The van der Waals surface area contributed by atoms with Gasteiger partial charge in [-0.3, -0.25) is 0 Å². The fourth-order valence-electron chi connectivity index (χ4n) is 2.07. The van der Waals surface area contributed by atoms with Crippen LogP contribution in [0.25, 0.3) is 16.8 Å². The fraction of sp³-hybridized carbons (Fsp3) is 0.143. The van der Waals surface area contributed by atoms with Crippen LogP contribution in [0.15, 0.2) is 48.9 Å². The summed E-state index contributed by atoms with van der Waals surface area (Å²) in [6.07, 6.45) is 3.41. The Balaban J connectivity index is 2.12. The summed E-state index contributed by atoms with van der Waals surface area (Å²) >= 11 is 0. The molecule has 0 aliphatic rings. The Kier molecular flexibility index (Phi) is 2.76. The summed E-state index contributed by atoms with van der Waals surface area (Å²) in [5.74, 6) is 0. The Morgan fingerprint density at radius 2 is 1.84 bits per heavy atom. The van der Waals surface area contributed by atoms with Gasteiger partial charge in [-0.1, -0.05) is 24.3 Å². The lowest BCUT2D eigenvalue weighted by molar-refractivity contribution is 0.588. The Morgan fingerprint density at radius 3 is 2.53 bits per heavy atom. The molecule has 96 valence electrons. The number of hydrogen-bond donors (Lipinski definition) is 0. The molecule has 3 rings (SSSR count). The second-order valence-electron chi connectivity index (χ2n) is 4.85. The van der Waals surface area contributed by atoms with Crippen molar-refractivity contribution in [2.45, 2.75) is 0 Å². The average Bonchev–Trinajstić information content (AvgIpc) is 2.86. The summed E-state index contributed by atoms with van der Waals surface area (Å²) in [5, 5.41) is 5.02. The van der Waals surface area contributed by atoms with Gasteiger partial charge in [-0.25, -0.2) is 9.50 Å². The first-order valence-electron chi connectivity index (χ1n) is 6.00. The maximum absolute atomic E-state index is 12.0. The van der Waals surface area contributed by atoms with Gasteiger partial charge in [0.2, 0.25) is 0 Å². The average molecular weight is 271 g/mol. The first-order valence-corrected chi connectivity index (χ1v) is 8.60. The molecule has 2 aromatic heterocycles. The highest BCUT2D eigenvalue weighted by atomic mass is 31.2. The van der Waals surface area contributed by atoms with Crippen LogP contribution in [0, 0.1) is 0 Å². The van der Waals surface area contributed by atoms with Gasteiger partial charge in [0.25, 0.3) is 0 Å². The Labute approximate surface area is 111 Å². The standard InChI is InChI=1S/C14H14N3OP/c1-19(2,18)12-7-5-11(6-8-12)13-4-3-9-17-14(13)15-10-16-17/h3-10H,1-2H3. The van der Waals surface area contributed by atoms with E-state index in [-0.39, 0.29) is 0 Å². The van der Waals surface area contributed by atoms with Crippen molar-refractivity contribution in [2.75, 3.05) is 13.3 Å². The van der Waals surface area contributed by atoms with Crippen LogP contribution in [-0.4, -0.2) is 27.9 Å². The molecule has 0 radical (unpaired) electrons. The van der Waals surface area contributed by atoms with Gasteiger partial charge < -0.3 is 4.57 Å². The van der Waals surface area contributed by atoms with Crippen LogP contribution < -0.4 is 5.30 Å². The number of benzene rings is 1. The van der Waals surface area contributed by atoms with Gasteiger partial charge in [0.05, 0.1) is 0 Å². The van der Waals surface area contributed by atoms with Crippen molar-refractivity contribution >= 4 is 18.1 Å². The van der Waals surface area contributed by atoms with Crippen molar-refractivity contribution in [1.29, 1.82) is 0 Å². The van der Waals surface area contributed by atoms with Gasteiger partial charge in [0.1, 0.15) is 13.5 Å². The highest BCUT2D eigenvalue weighted by molar-refractivity contribution is 7.70. The van der Waals surface area contributed by atoms with Gasteiger partial charge >= 0.3 is 0 Å². The third-order valence-electron chi connectivity index (χ3n) is 3.10. The molecule has 0 aliphatic heterocycles. The lowest BCUT2D eigenvalue weighted by Crippen LogP contribution is -2.01. The molecule has 19 heavy (non-hydrogen) atoms. The zero-order valence-corrected chi connectivity index (χ0v) is 11.7. The van der Waals surface area contributed by atoms with Crippen LogP contribution in [0.4, 0.5) is 0 Å². The second-order valence-corrected chi connectivity index (χ2v) is 8.07. The number of hydrogen-bond acceptors (Lipinski definition) is 3. The normalized spacial score (nSPS) is 11.9. The van der Waals surface area contributed by atoms with Crippen molar-refractivity contribution in [3.05, 3.63) is 48.9 Å². The minimum absolute atomic E-state index is 0.825. The minimum atomic E-state index is -2.20. The van der Waals surface area contributed by atoms with E-state index in [9.17, 15) is 4.57 Å². The summed E-state index contributed by atoms with van der Waals surface area (Å²) in [6.45, 7) is 3.56. The predicted octanol–water partition coefficient (Wildman–Crippen LogP) is 2.64. The van der Waals surface area contributed by atoms with Crippen LogP contribution in [0.5, 0.6) is 0 Å². The van der Waals surface area contributed by atoms with E-state index in [2.05, 4.69) is 10.1 Å². The SMILES string of the molecule is CP(C)(=O)c1ccc(-c2cccn3ncnc23)cc1. The quantitative estimate of drug-likeness (QED) is 0.673. The van der Waals surface area contributed by atoms with Crippen molar-refractivity contribution in [1.82, 2.24) is 14.6 Å². The first kappa shape index (κ1) is 12.1. The molecule has 1 aromatic carbocycles. The molecule has 0 spiro atoms. The van der Waals surface area contributed by atoms with E-state index in [0.29, 0.717) is 0 Å². The highest BCUT2D eigenvalue weighted by Crippen LogP contribution is 2.35. The van der Waals surface area contributed by atoms with E-state index >= 15 is 0 Å². The molecule has 0 unspecified atom stereocenters. The molecule has 0 saturated carbocycles. The maximum atomic E-state index is 12.0. The molecule has 3 aromatic rings. The highest BCUT2D eigenvalue weighted by Gasteiger charge is 2.11. The van der Waals surface area contributed by atoms with Crippen molar-refractivity contribution in [3.8, 4) is 11.1 Å². The maximum Gasteiger partial charge on any atom is 0.163 e. The molecule has 0 atom stereocenters. The smallest absolute Gasteiger partial charge is 0.163 e. The van der Waals surface area contributed by atoms with Crippen LogP contribution in [0.3, 0.4) is 0 Å². The van der Waals surface area contributed by atoms with E-state index in [0.717, 1.165) is 22.1 Å². The molecule has 0 fully saturated rings. The molecular formula is C14H14N3OP. The lowest BCUT2D eigenvalue weighted by Gasteiger charge is -2.08. The molecule has 0 saturated heterocycles. The number of aromatic nitrogens is 3. The number of rotatable bonds is 2. The summed E-state index contributed by atoms with van der Waals surface area (Å²) in [7, 11) is -2.20. The van der Waals surface area contributed by atoms with Crippen LogP contribution in [0.1, 0.15) is 0 Å². The third kappa shape index (κ3) is 2.20. The van der Waals surface area contributed by atoms with Crippen molar-refractivity contribution in [2.24, 2.45) is 0 Å². The Hall–Kier alpha value is -1.93. The van der Waals surface area contributed by atoms with E-state index < -0.39 is 7.14 Å². The van der Waals surface area contributed by atoms with Crippen LogP contribution in [-0.2, 0) is 4.57 Å². The van der Waals surface area contributed by atoms with Gasteiger partial charge in [0.15, 0.2) is 5.65 Å². The van der Waals surface area contributed by atoms with E-state index in [4.69, 9.17) is 0 Å². The van der Waals surface area contributed by atoms with Crippen LogP contribution in [0.2, 0.25) is 0 Å². The molecule has 0 aliphatic carbocycles. The van der Waals surface area contributed by atoms with Gasteiger partial charge in [-0.2, -0.15) is 5.10 Å². The summed E-state index contributed by atoms with van der Waals surface area (Å²) < 4.78 is 13.8. The minimum Gasteiger partial charge on any atom is -0.319 e. The first-order chi connectivity index (χ1) is 9.05. The molecule has 0 bridgehead atoms. The van der Waals surface area contributed by atoms with E-state index in [1.165, 1.54) is 0 Å². The zero-order chi connectivity index (χ0) is 13.5. The molecule has 2 heterocycles. The van der Waals surface area contributed by atoms with Gasteiger partial charge in [-0.05, 0) is 31.0 Å². The molecule has 0 amide bonds. The lowest BCUT2D eigenvalue weighted by atomic mass is 10.1. The summed E-state index contributed by atoms with van der Waals surface area (Å²) in [5.41, 5.74) is 2.90. The summed E-state index contributed by atoms with van der Waals surface area (Å²) in [4.78, 5) is 4.26. The van der Waals surface area contributed by atoms with Crippen molar-refractivity contribution < 1.29 is 4.57 Å². The monoisotopic (exact) mass is 271 g/mol. The second kappa shape index (κ2) is 4.32. The fourth-order valence-corrected chi connectivity index (χ4v) is 2.94.